The van der Waals surface area contributed by atoms with Crippen LogP contribution in [-0.2, 0) is 6.54 Å². The number of benzene rings is 3. The zero-order valence-corrected chi connectivity index (χ0v) is 21.0. The lowest BCUT2D eigenvalue weighted by atomic mass is 9.82. The fourth-order valence-electron chi connectivity index (χ4n) is 6.03. The monoisotopic (exact) mass is 510 g/mol. The van der Waals surface area contributed by atoms with E-state index in [9.17, 15) is 13.2 Å². The molecule has 0 radical (unpaired) electrons. The Morgan fingerprint density at radius 3 is 2.14 bits per heavy atom. The molecule has 0 spiro atoms. The Labute approximate surface area is 216 Å². The van der Waals surface area contributed by atoms with Crippen LogP contribution in [0.4, 0.5) is 13.2 Å². The first-order valence-corrected chi connectivity index (χ1v) is 12.9. The molecule has 4 nitrogen and oxygen atoms in total. The van der Waals surface area contributed by atoms with Crippen LogP contribution in [0, 0.1) is 0 Å². The van der Waals surface area contributed by atoms with Gasteiger partial charge in [-0.3, -0.25) is 9.80 Å². The topological polar surface area (TPSA) is 24.9 Å². The highest BCUT2D eigenvalue weighted by Gasteiger charge is 2.42. The highest BCUT2D eigenvalue weighted by molar-refractivity contribution is 5.45. The van der Waals surface area contributed by atoms with Gasteiger partial charge in [0.15, 0.2) is 6.61 Å². The Bertz CT molecular complexity index is 1120. The number of piperazine rings is 1. The third kappa shape index (κ3) is 5.94. The zero-order chi connectivity index (χ0) is 25.8. The minimum atomic E-state index is -4.40. The van der Waals surface area contributed by atoms with Gasteiger partial charge in [-0.2, -0.15) is 13.2 Å². The Morgan fingerprint density at radius 2 is 1.51 bits per heavy atom. The summed E-state index contributed by atoms with van der Waals surface area (Å²) in [7, 11) is 1.55. The van der Waals surface area contributed by atoms with Gasteiger partial charge in [0.05, 0.1) is 12.7 Å². The Hall–Kier alpha value is -3.03. The van der Waals surface area contributed by atoms with Crippen LogP contribution in [0.25, 0.3) is 0 Å². The van der Waals surface area contributed by atoms with Crippen molar-refractivity contribution in [3.63, 3.8) is 0 Å². The van der Waals surface area contributed by atoms with E-state index >= 15 is 0 Å². The van der Waals surface area contributed by atoms with Crippen molar-refractivity contribution in [1.29, 1.82) is 0 Å². The molecule has 1 unspecified atom stereocenters. The fraction of sp³-hybridized carbons (Fsp3) is 0.400. The molecule has 2 saturated heterocycles. The van der Waals surface area contributed by atoms with Gasteiger partial charge in [0.1, 0.15) is 11.5 Å². The summed E-state index contributed by atoms with van der Waals surface area (Å²) in [5.74, 6) is 0.960. The largest absolute Gasteiger partial charge is 0.496 e. The molecule has 0 aliphatic carbocycles. The first kappa shape index (κ1) is 25.6. The van der Waals surface area contributed by atoms with Gasteiger partial charge in [-0.05, 0) is 42.6 Å². The molecule has 2 aliphatic rings. The van der Waals surface area contributed by atoms with Gasteiger partial charge in [-0.15, -0.1) is 0 Å². The SMILES string of the molecule is COc1cccc(OCC(F)(F)F)c1CN1CC(C(c2ccccc2)c2ccccc2)N2CCC[C@H]2C1. The predicted octanol–water partition coefficient (Wildman–Crippen LogP) is 6.12. The molecule has 0 saturated carbocycles. The molecular formula is C30H33F3N2O2. The highest BCUT2D eigenvalue weighted by atomic mass is 19.4. The molecular weight excluding hydrogens is 477 g/mol. The summed E-state index contributed by atoms with van der Waals surface area (Å²) in [6.07, 6.45) is -2.13. The molecule has 3 aromatic carbocycles. The van der Waals surface area contributed by atoms with Crippen molar-refractivity contribution in [1.82, 2.24) is 9.80 Å². The van der Waals surface area contributed by atoms with E-state index in [1.165, 1.54) is 11.1 Å². The first-order valence-electron chi connectivity index (χ1n) is 12.9. The summed E-state index contributed by atoms with van der Waals surface area (Å²) < 4.78 is 49.7. The standard InChI is InChI=1S/C30H33F3N2O2/c1-36-27-15-8-16-28(37-21-30(31,32)33)25(27)19-34-18-24-14-9-17-35(24)26(20-34)29(22-10-4-2-5-11-22)23-12-6-3-7-13-23/h2-8,10-13,15-16,24,26,29H,9,14,17-21H2,1H3/t24-,26?/m0/s1. The van der Waals surface area contributed by atoms with Crippen LogP contribution >= 0.6 is 0 Å². The number of rotatable bonds is 8. The third-order valence-electron chi connectivity index (χ3n) is 7.55. The molecule has 37 heavy (non-hydrogen) atoms. The second kappa shape index (κ2) is 11.2. The van der Waals surface area contributed by atoms with E-state index in [0.717, 1.165) is 32.5 Å². The number of ether oxygens (including phenoxy) is 2. The Balaban J connectivity index is 1.47. The van der Waals surface area contributed by atoms with E-state index < -0.39 is 12.8 Å². The maximum absolute atomic E-state index is 13.0. The lowest BCUT2D eigenvalue weighted by molar-refractivity contribution is -0.153. The quantitative estimate of drug-likeness (QED) is 0.365. The van der Waals surface area contributed by atoms with E-state index in [1.807, 2.05) is 12.1 Å². The number of alkyl halides is 3. The summed E-state index contributed by atoms with van der Waals surface area (Å²) in [6.45, 7) is 1.86. The van der Waals surface area contributed by atoms with Gasteiger partial charge < -0.3 is 9.47 Å². The lowest BCUT2D eigenvalue weighted by Crippen LogP contribution is -2.57. The molecule has 7 heteroatoms. The van der Waals surface area contributed by atoms with E-state index in [4.69, 9.17) is 9.47 Å². The van der Waals surface area contributed by atoms with Crippen molar-refractivity contribution in [2.24, 2.45) is 0 Å². The molecule has 0 bridgehead atoms. The minimum absolute atomic E-state index is 0.185. The van der Waals surface area contributed by atoms with Crippen molar-refractivity contribution in [3.05, 3.63) is 95.6 Å². The highest BCUT2D eigenvalue weighted by Crippen LogP contribution is 2.39. The second-order valence-electron chi connectivity index (χ2n) is 9.94. The number of fused-ring (bicyclic) bond motifs is 1. The maximum atomic E-state index is 13.0. The van der Waals surface area contributed by atoms with E-state index in [1.54, 1.807) is 25.3 Å². The maximum Gasteiger partial charge on any atom is 0.422 e. The molecule has 2 aliphatic heterocycles. The van der Waals surface area contributed by atoms with Crippen LogP contribution in [0.5, 0.6) is 11.5 Å². The number of hydrogen-bond acceptors (Lipinski definition) is 4. The van der Waals surface area contributed by atoms with Crippen molar-refractivity contribution in [3.8, 4) is 11.5 Å². The van der Waals surface area contributed by atoms with E-state index in [0.29, 0.717) is 23.9 Å². The number of methoxy groups -OCH3 is 1. The molecule has 2 heterocycles. The normalized spacial score (nSPS) is 20.7. The van der Waals surface area contributed by atoms with Crippen LogP contribution in [-0.4, -0.2) is 61.4 Å². The van der Waals surface area contributed by atoms with Gasteiger partial charge in [-0.25, -0.2) is 0 Å². The van der Waals surface area contributed by atoms with Crippen LogP contribution in [0.2, 0.25) is 0 Å². The third-order valence-corrected chi connectivity index (χ3v) is 7.55. The van der Waals surface area contributed by atoms with Crippen LogP contribution in [0.15, 0.2) is 78.9 Å². The zero-order valence-electron chi connectivity index (χ0n) is 21.0. The summed E-state index contributed by atoms with van der Waals surface area (Å²) in [4.78, 5) is 5.03. The minimum Gasteiger partial charge on any atom is -0.496 e. The average Bonchev–Trinajstić information content (AvgIpc) is 3.38. The van der Waals surface area contributed by atoms with Crippen molar-refractivity contribution < 1.29 is 22.6 Å². The number of nitrogens with zero attached hydrogens (tertiary/aromatic N) is 2. The second-order valence-corrected chi connectivity index (χ2v) is 9.94. The fourth-order valence-corrected chi connectivity index (χ4v) is 6.03. The average molecular weight is 511 g/mol. The smallest absolute Gasteiger partial charge is 0.422 e. The number of halogens is 3. The van der Waals surface area contributed by atoms with Crippen LogP contribution in [0.1, 0.15) is 35.4 Å². The van der Waals surface area contributed by atoms with Crippen LogP contribution < -0.4 is 9.47 Å². The first-order chi connectivity index (χ1) is 17.9. The van der Waals surface area contributed by atoms with Gasteiger partial charge in [0.25, 0.3) is 0 Å². The molecule has 0 N–H and O–H groups in total. The van der Waals surface area contributed by atoms with Crippen LogP contribution in [0.3, 0.4) is 0 Å². The molecule has 2 atom stereocenters. The molecule has 2 fully saturated rings. The molecule has 0 amide bonds. The van der Waals surface area contributed by atoms with Crippen molar-refractivity contribution >= 4 is 0 Å². The van der Waals surface area contributed by atoms with E-state index in [2.05, 4.69) is 58.3 Å². The van der Waals surface area contributed by atoms with Gasteiger partial charge in [-0.1, -0.05) is 66.7 Å². The van der Waals surface area contributed by atoms with E-state index in [-0.39, 0.29) is 17.7 Å². The van der Waals surface area contributed by atoms with Crippen molar-refractivity contribution in [2.45, 2.75) is 43.6 Å². The summed E-state index contributed by atoms with van der Waals surface area (Å²) in [5.41, 5.74) is 3.21. The van der Waals surface area contributed by atoms with Crippen molar-refractivity contribution in [2.75, 3.05) is 33.4 Å². The Morgan fingerprint density at radius 1 is 0.865 bits per heavy atom. The summed E-state index contributed by atoms with van der Waals surface area (Å²) in [5, 5.41) is 0. The molecule has 0 aromatic heterocycles. The molecule has 3 aromatic rings. The lowest BCUT2D eigenvalue weighted by Gasteiger charge is -2.47. The number of hydrogen-bond donors (Lipinski definition) is 0. The summed E-state index contributed by atoms with van der Waals surface area (Å²) >= 11 is 0. The molecule has 196 valence electrons. The van der Waals surface area contributed by atoms with Gasteiger partial charge >= 0.3 is 6.18 Å². The molecule has 5 rings (SSSR count). The summed E-state index contributed by atoms with van der Waals surface area (Å²) in [6, 6.07) is 26.9. The Kier molecular flexibility index (Phi) is 7.72. The van der Waals surface area contributed by atoms with Gasteiger partial charge in [0, 0.05) is 37.6 Å². The predicted molar refractivity (Wildman–Crippen MR) is 138 cm³/mol. The van der Waals surface area contributed by atoms with Gasteiger partial charge in [0.2, 0.25) is 0 Å².